The second-order valence-electron chi connectivity index (χ2n) is 6.64. The minimum atomic E-state index is -0.496. The molecule has 0 saturated carbocycles. The standard InChI is InChI=1S/C20H20N4O3/c21-15-11-17(18-9-4-10-27-18)23-24(20(15)26)12-19(25)22-16-8-3-6-13-5-1-2-7-14(13)16/h1-2,4-5,7,9-11,16H,3,6,8,12,21H2,(H,22,25)/t16-/m1/s1. The van der Waals surface area contributed by atoms with E-state index in [0.717, 1.165) is 29.5 Å². The Bertz CT molecular complexity index is 1020. The number of aryl methyl sites for hydroxylation is 1. The monoisotopic (exact) mass is 364 g/mol. The van der Waals surface area contributed by atoms with Crippen LogP contribution in [0.15, 0.2) is 57.9 Å². The summed E-state index contributed by atoms with van der Waals surface area (Å²) in [5.41, 5.74) is 8.14. The Morgan fingerprint density at radius 2 is 2.15 bits per heavy atom. The molecule has 0 saturated heterocycles. The van der Waals surface area contributed by atoms with E-state index < -0.39 is 5.56 Å². The number of nitrogens with zero attached hydrogens (tertiary/aromatic N) is 2. The first kappa shape index (κ1) is 17.1. The van der Waals surface area contributed by atoms with Crippen LogP contribution < -0.4 is 16.6 Å². The molecule has 0 spiro atoms. The van der Waals surface area contributed by atoms with E-state index in [1.165, 1.54) is 17.9 Å². The zero-order valence-electron chi connectivity index (χ0n) is 14.7. The number of hydrogen-bond acceptors (Lipinski definition) is 5. The SMILES string of the molecule is Nc1cc(-c2ccco2)nn(CC(=O)N[C@@H]2CCCc3ccccc32)c1=O. The highest BCUT2D eigenvalue weighted by atomic mass is 16.3. The number of benzene rings is 1. The van der Waals surface area contributed by atoms with Gasteiger partial charge in [0.15, 0.2) is 5.76 Å². The van der Waals surface area contributed by atoms with Crippen molar-refractivity contribution in [3.05, 3.63) is 70.2 Å². The molecule has 1 aliphatic rings. The van der Waals surface area contributed by atoms with Gasteiger partial charge in [0.25, 0.3) is 5.56 Å². The molecule has 0 fully saturated rings. The fourth-order valence-electron chi connectivity index (χ4n) is 3.49. The lowest BCUT2D eigenvalue weighted by atomic mass is 9.88. The zero-order chi connectivity index (χ0) is 18.8. The summed E-state index contributed by atoms with van der Waals surface area (Å²) < 4.78 is 6.38. The van der Waals surface area contributed by atoms with E-state index in [2.05, 4.69) is 16.5 Å². The van der Waals surface area contributed by atoms with Gasteiger partial charge in [-0.1, -0.05) is 24.3 Å². The van der Waals surface area contributed by atoms with Crippen molar-refractivity contribution < 1.29 is 9.21 Å². The van der Waals surface area contributed by atoms with Gasteiger partial charge in [0.05, 0.1) is 12.3 Å². The van der Waals surface area contributed by atoms with E-state index in [0.29, 0.717) is 11.5 Å². The number of nitrogen functional groups attached to an aromatic ring is 1. The lowest BCUT2D eigenvalue weighted by Gasteiger charge is -2.26. The number of nitrogens with one attached hydrogen (secondary N) is 1. The lowest BCUT2D eigenvalue weighted by molar-refractivity contribution is -0.122. The highest BCUT2D eigenvalue weighted by Crippen LogP contribution is 2.29. The number of carbonyl (C=O) groups excluding carboxylic acids is 1. The van der Waals surface area contributed by atoms with E-state index >= 15 is 0 Å². The smallest absolute Gasteiger partial charge is 0.290 e. The first-order chi connectivity index (χ1) is 13.1. The van der Waals surface area contributed by atoms with Crippen LogP contribution >= 0.6 is 0 Å². The molecule has 1 aliphatic carbocycles. The Hall–Kier alpha value is -3.35. The molecule has 3 aromatic rings. The number of rotatable bonds is 4. The maximum absolute atomic E-state index is 12.6. The van der Waals surface area contributed by atoms with Crippen LogP contribution in [0.4, 0.5) is 5.69 Å². The molecular formula is C20H20N4O3. The van der Waals surface area contributed by atoms with Gasteiger partial charge in [-0.3, -0.25) is 9.59 Å². The molecule has 4 rings (SSSR count). The minimum absolute atomic E-state index is 0.0206. The van der Waals surface area contributed by atoms with Gasteiger partial charge in [-0.2, -0.15) is 5.10 Å². The second kappa shape index (κ2) is 7.11. The lowest BCUT2D eigenvalue weighted by Crippen LogP contribution is -2.37. The summed E-state index contributed by atoms with van der Waals surface area (Å²) in [6.45, 7) is -0.198. The molecule has 7 heteroatoms. The molecule has 2 aromatic heterocycles. The van der Waals surface area contributed by atoms with Crippen LogP contribution in [-0.4, -0.2) is 15.7 Å². The van der Waals surface area contributed by atoms with Crippen LogP contribution in [0.5, 0.6) is 0 Å². The van der Waals surface area contributed by atoms with Gasteiger partial charge >= 0.3 is 0 Å². The first-order valence-corrected chi connectivity index (χ1v) is 8.90. The van der Waals surface area contributed by atoms with Gasteiger partial charge in [-0.05, 0) is 48.6 Å². The normalized spacial score (nSPS) is 15.9. The highest BCUT2D eigenvalue weighted by molar-refractivity contribution is 5.76. The third kappa shape index (κ3) is 3.48. The van der Waals surface area contributed by atoms with Gasteiger partial charge in [0.2, 0.25) is 5.91 Å². The number of nitrogens with two attached hydrogens (primary N) is 1. The summed E-state index contributed by atoms with van der Waals surface area (Å²) in [5.74, 6) is 0.208. The topological polar surface area (TPSA) is 103 Å². The van der Waals surface area contributed by atoms with Crippen LogP contribution in [0, 0.1) is 0 Å². The molecule has 27 heavy (non-hydrogen) atoms. The summed E-state index contributed by atoms with van der Waals surface area (Å²) in [7, 11) is 0. The fraction of sp³-hybridized carbons (Fsp3) is 0.250. The van der Waals surface area contributed by atoms with Crippen molar-refractivity contribution >= 4 is 11.6 Å². The van der Waals surface area contributed by atoms with Crippen molar-refractivity contribution in [1.82, 2.24) is 15.1 Å². The molecule has 2 heterocycles. The van der Waals surface area contributed by atoms with Crippen LogP contribution in [0.1, 0.15) is 30.0 Å². The molecule has 3 N–H and O–H groups in total. The Balaban J connectivity index is 1.55. The highest BCUT2D eigenvalue weighted by Gasteiger charge is 2.22. The van der Waals surface area contributed by atoms with E-state index in [1.54, 1.807) is 12.1 Å². The number of anilines is 1. The average Bonchev–Trinajstić information content (AvgIpc) is 3.20. The van der Waals surface area contributed by atoms with Crippen LogP contribution in [-0.2, 0) is 17.8 Å². The van der Waals surface area contributed by atoms with Gasteiger partial charge in [0, 0.05) is 0 Å². The molecule has 0 aliphatic heterocycles. The number of hydrogen-bond donors (Lipinski definition) is 2. The van der Waals surface area contributed by atoms with Gasteiger partial charge in [0.1, 0.15) is 17.9 Å². The summed E-state index contributed by atoms with van der Waals surface area (Å²) >= 11 is 0. The van der Waals surface area contributed by atoms with E-state index in [9.17, 15) is 9.59 Å². The molecular weight excluding hydrogens is 344 g/mol. The fourth-order valence-corrected chi connectivity index (χ4v) is 3.49. The largest absolute Gasteiger partial charge is 0.463 e. The second-order valence-corrected chi connectivity index (χ2v) is 6.64. The van der Waals surface area contributed by atoms with Crippen molar-refractivity contribution in [3.8, 4) is 11.5 Å². The maximum atomic E-state index is 12.6. The molecule has 0 bridgehead atoms. The third-order valence-electron chi connectivity index (χ3n) is 4.77. The summed E-state index contributed by atoms with van der Waals surface area (Å²) in [6.07, 6.45) is 4.42. The van der Waals surface area contributed by atoms with Crippen molar-refractivity contribution in [1.29, 1.82) is 0 Å². The van der Waals surface area contributed by atoms with Crippen molar-refractivity contribution in [3.63, 3.8) is 0 Å². The Kier molecular flexibility index (Phi) is 4.50. The number of fused-ring (bicyclic) bond motifs is 1. The minimum Gasteiger partial charge on any atom is -0.463 e. The van der Waals surface area contributed by atoms with Crippen molar-refractivity contribution in [2.24, 2.45) is 0 Å². The molecule has 1 amide bonds. The van der Waals surface area contributed by atoms with Crippen molar-refractivity contribution in [2.75, 3.05) is 5.73 Å². The van der Waals surface area contributed by atoms with E-state index in [1.807, 2.05) is 18.2 Å². The molecule has 0 unspecified atom stereocenters. The number of furan rings is 1. The Labute approximate surface area is 155 Å². The van der Waals surface area contributed by atoms with Gasteiger partial charge < -0.3 is 15.5 Å². The molecule has 1 aromatic carbocycles. The number of carbonyl (C=O) groups is 1. The van der Waals surface area contributed by atoms with Crippen LogP contribution in [0.25, 0.3) is 11.5 Å². The third-order valence-corrected chi connectivity index (χ3v) is 4.77. The summed E-state index contributed by atoms with van der Waals surface area (Å²) in [4.78, 5) is 24.9. The average molecular weight is 364 g/mol. The predicted octanol–water partition coefficient (Wildman–Crippen LogP) is 2.28. The molecule has 0 radical (unpaired) electrons. The van der Waals surface area contributed by atoms with Crippen molar-refractivity contribution in [2.45, 2.75) is 31.8 Å². The Morgan fingerprint density at radius 1 is 1.30 bits per heavy atom. The number of aromatic nitrogens is 2. The van der Waals surface area contributed by atoms with Crippen LogP contribution in [0.2, 0.25) is 0 Å². The quantitative estimate of drug-likeness (QED) is 0.739. The Morgan fingerprint density at radius 3 is 2.96 bits per heavy atom. The summed E-state index contributed by atoms with van der Waals surface area (Å²) in [6, 6.07) is 13.0. The summed E-state index contributed by atoms with van der Waals surface area (Å²) in [5, 5.41) is 7.24. The molecule has 1 atom stereocenters. The maximum Gasteiger partial charge on any atom is 0.290 e. The molecule has 138 valence electrons. The van der Waals surface area contributed by atoms with Gasteiger partial charge in [-0.15, -0.1) is 0 Å². The molecule has 7 nitrogen and oxygen atoms in total. The number of amides is 1. The van der Waals surface area contributed by atoms with Crippen LogP contribution in [0.3, 0.4) is 0 Å². The first-order valence-electron chi connectivity index (χ1n) is 8.90. The van der Waals surface area contributed by atoms with E-state index in [4.69, 9.17) is 10.2 Å². The van der Waals surface area contributed by atoms with Gasteiger partial charge in [-0.25, -0.2) is 4.68 Å². The van der Waals surface area contributed by atoms with E-state index in [-0.39, 0.29) is 24.2 Å². The predicted molar refractivity (Wildman–Crippen MR) is 101 cm³/mol. The zero-order valence-corrected chi connectivity index (χ0v) is 14.7.